The molecular weight excluding hydrogens is 208 g/mol. The van der Waals surface area contributed by atoms with Crippen molar-refractivity contribution in [3.63, 3.8) is 0 Å². The quantitative estimate of drug-likeness (QED) is 0.685. The molecule has 1 nitrogen and oxygen atoms in total. The van der Waals surface area contributed by atoms with Gasteiger partial charge in [-0.3, -0.25) is 4.79 Å². The molecule has 0 bridgehead atoms. The molecule has 1 aromatic rings. The summed E-state index contributed by atoms with van der Waals surface area (Å²) in [5.74, 6) is 0.236. The molecule has 1 heteroatoms. The zero-order chi connectivity index (χ0) is 12.8. The fourth-order valence-electron chi connectivity index (χ4n) is 1.90. The van der Waals surface area contributed by atoms with E-state index < -0.39 is 0 Å². The summed E-state index contributed by atoms with van der Waals surface area (Å²) in [6, 6.07) is 8.55. The van der Waals surface area contributed by atoms with Crippen LogP contribution in [0.3, 0.4) is 0 Å². The fourth-order valence-corrected chi connectivity index (χ4v) is 1.90. The molecule has 0 heterocycles. The highest BCUT2D eigenvalue weighted by Crippen LogP contribution is 2.20. The lowest BCUT2D eigenvalue weighted by Gasteiger charge is -2.07. The highest BCUT2D eigenvalue weighted by Gasteiger charge is 2.07. The van der Waals surface area contributed by atoms with Crippen molar-refractivity contribution in [1.29, 1.82) is 0 Å². The number of ketones is 1. The first-order valence-electron chi connectivity index (χ1n) is 6.40. The Labute approximate surface area is 105 Å². The van der Waals surface area contributed by atoms with Gasteiger partial charge in [-0.05, 0) is 42.5 Å². The first-order chi connectivity index (χ1) is 8.10. The predicted octanol–water partition coefficient (Wildman–Crippen LogP) is 4.41. The molecule has 0 aromatic heterocycles. The Kier molecular flexibility index (Phi) is 5.14. The molecule has 0 unspecified atom stereocenters. The van der Waals surface area contributed by atoms with Crippen molar-refractivity contribution in [2.24, 2.45) is 0 Å². The van der Waals surface area contributed by atoms with E-state index in [1.807, 2.05) is 20.8 Å². The van der Waals surface area contributed by atoms with Crippen LogP contribution in [-0.4, -0.2) is 5.78 Å². The van der Waals surface area contributed by atoms with Gasteiger partial charge in [-0.25, -0.2) is 0 Å². The number of allylic oxidation sites excluding steroid dienone is 2. The van der Waals surface area contributed by atoms with Crippen LogP contribution in [0.1, 0.15) is 51.7 Å². The van der Waals surface area contributed by atoms with Crippen LogP contribution < -0.4 is 0 Å². The number of hydrogen-bond donors (Lipinski definition) is 0. The minimum atomic E-state index is 0.236. The Balaban J connectivity index is 2.96. The largest absolute Gasteiger partial charge is 0.295 e. The average Bonchev–Trinajstić information content (AvgIpc) is 2.37. The van der Waals surface area contributed by atoms with Gasteiger partial charge < -0.3 is 0 Å². The number of aryl methyl sites for hydroxylation is 1. The second-order valence-electron chi connectivity index (χ2n) is 4.47. The lowest BCUT2D eigenvalue weighted by Crippen LogP contribution is -1.99. The SMILES string of the molecule is CCCc1ccc(C(C)=C(C)C(=O)CC)cc1. The molecule has 0 atom stereocenters. The van der Waals surface area contributed by atoms with Crippen molar-refractivity contribution in [3.05, 3.63) is 41.0 Å². The van der Waals surface area contributed by atoms with E-state index in [0.29, 0.717) is 6.42 Å². The molecule has 0 saturated carbocycles. The highest BCUT2D eigenvalue weighted by atomic mass is 16.1. The Bertz CT molecular complexity index is 410. The van der Waals surface area contributed by atoms with E-state index in [9.17, 15) is 4.79 Å². The molecule has 1 rings (SSSR count). The molecule has 0 aliphatic carbocycles. The molecule has 0 fully saturated rings. The van der Waals surface area contributed by atoms with E-state index in [2.05, 4.69) is 31.2 Å². The van der Waals surface area contributed by atoms with Crippen molar-refractivity contribution < 1.29 is 4.79 Å². The van der Waals surface area contributed by atoms with Gasteiger partial charge in [-0.1, -0.05) is 44.5 Å². The predicted molar refractivity (Wildman–Crippen MR) is 74.0 cm³/mol. The summed E-state index contributed by atoms with van der Waals surface area (Å²) in [6.07, 6.45) is 2.87. The van der Waals surface area contributed by atoms with E-state index in [-0.39, 0.29) is 5.78 Å². The van der Waals surface area contributed by atoms with Gasteiger partial charge in [-0.2, -0.15) is 0 Å². The van der Waals surface area contributed by atoms with E-state index in [4.69, 9.17) is 0 Å². The molecule has 0 N–H and O–H groups in total. The maximum atomic E-state index is 11.6. The molecule has 92 valence electrons. The summed E-state index contributed by atoms with van der Waals surface area (Å²) >= 11 is 0. The summed E-state index contributed by atoms with van der Waals surface area (Å²) in [4.78, 5) is 11.6. The lowest BCUT2D eigenvalue weighted by atomic mass is 9.97. The molecule has 0 radical (unpaired) electrons. The number of carbonyl (C=O) groups excluding carboxylic acids is 1. The minimum absolute atomic E-state index is 0.236. The van der Waals surface area contributed by atoms with Gasteiger partial charge in [0.15, 0.2) is 5.78 Å². The summed E-state index contributed by atoms with van der Waals surface area (Å²) < 4.78 is 0. The van der Waals surface area contributed by atoms with Crippen molar-refractivity contribution in [2.75, 3.05) is 0 Å². The Morgan fingerprint density at radius 3 is 2.12 bits per heavy atom. The lowest BCUT2D eigenvalue weighted by molar-refractivity contribution is -0.115. The number of carbonyl (C=O) groups is 1. The van der Waals surface area contributed by atoms with Gasteiger partial charge in [0.05, 0.1) is 0 Å². The molecule has 0 amide bonds. The first-order valence-corrected chi connectivity index (χ1v) is 6.40. The van der Waals surface area contributed by atoms with Crippen LogP contribution in [0.5, 0.6) is 0 Å². The highest BCUT2D eigenvalue weighted by molar-refractivity contribution is 6.01. The smallest absolute Gasteiger partial charge is 0.158 e. The first kappa shape index (κ1) is 13.7. The van der Waals surface area contributed by atoms with Crippen LogP contribution in [0, 0.1) is 0 Å². The number of rotatable bonds is 5. The van der Waals surface area contributed by atoms with Crippen LogP contribution >= 0.6 is 0 Å². The molecule has 17 heavy (non-hydrogen) atoms. The number of benzene rings is 1. The van der Waals surface area contributed by atoms with Gasteiger partial charge >= 0.3 is 0 Å². The summed E-state index contributed by atoms with van der Waals surface area (Å²) in [5.41, 5.74) is 4.50. The molecule has 0 saturated heterocycles. The number of hydrogen-bond acceptors (Lipinski definition) is 1. The third kappa shape index (κ3) is 3.55. The standard InChI is InChI=1S/C16H22O/c1-5-7-14-8-10-15(11-9-14)12(3)13(4)16(17)6-2/h8-11H,5-7H2,1-4H3. The van der Waals surface area contributed by atoms with Crippen LogP contribution in [0.25, 0.3) is 5.57 Å². The van der Waals surface area contributed by atoms with E-state index >= 15 is 0 Å². The van der Waals surface area contributed by atoms with Crippen LogP contribution in [-0.2, 0) is 11.2 Å². The van der Waals surface area contributed by atoms with Crippen molar-refractivity contribution in [1.82, 2.24) is 0 Å². The monoisotopic (exact) mass is 230 g/mol. The van der Waals surface area contributed by atoms with Crippen molar-refractivity contribution in [3.8, 4) is 0 Å². The molecule has 0 spiro atoms. The van der Waals surface area contributed by atoms with E-state index in [1.54, 1.807) is 0 Å². The third-order valence-corrected chi connectivity index (χ3v) is 3.23. The second kappa shape index (κ2) is 6.39. The molecular formula is C16H22O. The molecule has 0 aliphatic rings. The Morgan fingerprint density at radius 1 is 1.06 bits per heavy atom. The summed E-state index contributed by atoms with van der Waals surface area (Å²) in [5, 5.41) is 0. The van der Waals surface area contributed by atoms with Gasteiger partial charge in [0.25, 0.3) is 0 Å². The van der Waals surface area contributed by atoms with Crippen LogP contribution in [0.15, 0.2) is 29.8 Å². The Morgan fingerprint density at radius 2 is 1.65 bits per heavy atom. The van der Waals surface area contributed by atoms with Gasteiger partial charge in [0.1, 0.15) is 0 Å². The average molecular weight is 230 g/mol. The second-order valence-corrected chi connectivity index (χ2v) is 4.47. The van der Waals surface area contributed by atoms with Crippen molar-refractivity contribution in [2.45, 2.75) is 47.0 Å². The maximum absolute atomic E-state index is 11.6. The normalized spacial score (nSPS) is 12.2. The van der Waals surface area contributed by atoms with Crippen LogP contribution in [0.2, 0.25) is 0 Å². The van der Waals surface area contributed by atoms with E-state index in [1.165, 1.54) is 12.0 Å². The maximum Gasteiger partial charge on any atom is 0.158 e. The minimum Gasteiger partial charge on any atom is -0.295 e. The van der Waals surface area contributed by atoms with Crippen LogP contribution in [0.4, 0.5) is 0 Å². The zero-order valence-electron chi connectivity index (χ0n) is 11.3. The number of Topliss-reactive ketones (excluding diaryl/α,β-unsaturated/α-hetero) is 1. The van der Waals surface area contributed by atoms with Crippen molar-refractivity contribution >= 4 is 11.4 Å². The van der Waals surface area contributed by atoms with E-state index in [0.717, 1.165) is 23.1 Å². The van der Waals surface area contributed by atoms with Gasteiger partial charge in [0, 0.05) is 6.42 Å². The summed E-state index contributed by atoms with van der Waals surface area (Å²) in [7, 11) is 0. The molecule has 1 aromatic carbocycles. The summed E-state index contributed by atoms with van der Waals surface area (Å²) in [6.45, 7) is 8.03. The molecule has 0 aliphatic heterocycles. The topological polar surface area (TPSA) is 17.1 Å². The third-order valence-electron chi connectivity index (χ3n) is 3.23. The van der Waals surface area contributed by atoms with Gasteiger partial charge in [0.2, 0.25) is 0 Å². The van der Waals surface area contributed by atoms with Gasteiger partial charge in [-0.15, -0.1) is 0 Å². The Hall–Kier alpha value is -1.37. The fraction of sp³-hybridized carbons (Fsp3) is 0.438. The zero-order valence-corrected chi connectivity index (χ0v) is 11.3.